The first-order chi connectivity index (χ1) is 18.2. The van der Waals surface area contributed by atoms with E-state index in [1.165, 1.54) is 11.1 Å². The number of benzene rings is 2. The Hall–Kier alpha value is -3.28. The maximum atomic E-state index is 12.1. The summed E-state index contributed by atoms with van der Waals surface area (Å²) in [5, 5.41) is 8.73. The summed E-state index contributed by atoms with van der Waals surface area (Å²) >= 11 is 0. The second-order valence-electron chi connectivity index (χ2n) is 10.4. The molecule has 0 saturated heterocycles. The van der Waals surface area contributed by atoms with Crippen molar-refractivity contribution >= 4 is 23.2 Å². The summed E-state index contributed by atoms with van der Waals surface area (Å²) in [7, 11) is 0. The van der Waals surface area contributed by atoms with Gasteiger partial charge in [-0.05, 0) is 87.2 Å². The molecule has 0 heterocycles. The Morgan fingerprint density at radius 2 is 0.973 bits per heavy atom. The van der Waals surface area contributed by atoms with Crippen LogP contribution < -0.4 is 10.9 Å². The number of hydrogen-bond acceptors (Lipinski definition) is 4. The lowest BCUT2D eigenvalue weighted by atomic mass is 9.83. The zero-order chi connectivity index (χ0) is 25.7. The van der Waals surface area contributed by atoms with E-state index in [0.717, 1.165) is 82.1 Å². The molecule has 0 aromatic heterocycles. The molecule has 2 aliphatic carbocycles. The van der Waals surface area contributed by atoms with Gasteiger partial charge >= 0.3 is 0 Å². The van der Waals surface area contributed by atoms with Crippen molar-refractivity contribution in [2.24, 2.45) is 10.2 Å². The van der Waals surface area contributed by atoms with Crippen LogP contribution in [0.1, 0.15) is 106 Å². The summed E-state index contributed by atoms with van der Waals surface area (Å²) in [4.78, 5) is 24.3. The standard InChI is InChI=1S/C31H40N4O2/c36-30(34-32-28-20-16-26(17-21-28)24-10-4-1-5-11-24)14-8-3-9-15-31(37)35-33-29-22-18-27(19-23-29)25-12-6-2-7-13-25/h1-2,4-7,10-13,26-27H,3,8-9,14-23H2,(H,34,36)(H,35,37). The minimum absolute atomic E-state index is 0.0420. The molecule has 6 heteroatoms. The molecule has 196 valence electrons. The highest BCUT2D eigenvalue weighted by molar-refractivity contribution is 5.87. The van der Waals surface area contributed by atoms with Crippen molar-refractivity contribution in [3.8, 4) is 0 Å². The number of nitrogens with one attached hydrogen (secondary N) is 2. The van der Waals surface area contributed by atoms with E-state index in [9.17, 15) is 9.59 Å². The zero-order valence-electron chi connectivity index (χ0n) is 21.8. The van der Waals surface area contributed by atoms with E-state index < -0.39 is 0 Å². The smallest absolute Gasteiger partial charge is 0.240 e. The van der Waals surface area contributed by atoms with Crippen LogP contribution in [0.2, 0.25) is 0 Å². The van der Waals surface area contributed by atoms with Gasteiger partial charge in [0.15, 0.2) is 0 Å². The van der Waals surface area contributed by atoms with E-state index in [4.69, 9.17) is 0 Å². The molecular formula is C31H40N4O2. The highest BCUT2D eigenvalue weighted by Crippen LogP contribution is 2.32. The first-order valence-corrected chi connectivity index (χ1v) is 14.0. The molecule has 2 N–H and O–H groups in total. The number of carbonyl (C=O) groups is 2. The summed E-state index contributed by atoms with van der Waals surface area (Å²) in [6.07, 6.45) is 11.3. The molecule has 2 aromatic rings. The second-order valence-corrected chi connectivity index (χ2v) is 10.4. The van der Waals surface area contributed by atoms with Crippen molar-refractivity contribution in [3.05, 3.63) is 71.8 Å². The van der Waals surface area contributed by atoms with Crippen LogP contribution >= 0.6 is 0 Å². The van der Waals surface area contributed by atoms with Crippen molar-refractivity contribution in [3.63, 3.8) is 0 Å². The minimum Gasteiger partial charge on any atom is -0.273 e. The number of carbonyl (C=O) groups excluding carboxylic acids is 2. The molecule has 2 saturated carbocycles. The third kappa shape index (κ3) is 8.96. The van der Waals surface area contributed by atoms with Gasteiger partial charge < -0.3 is 0 Å². The predicted octanol–water partition coefficient (Wildman–Crippen LogP) is 6.60. The van der Waals surface area contributed by atoms with Crippen LogP contribution in [0.15, 0.2) is 70.9 Å². The third-order valence-electron chi connectivity index (χ3n) is 7.65. The van der Waals surface area contributed by atoms with Crippen LogP contribution in [0.5, 0.6) is 0 Å². The van der Waals surface area contributed by atoms with Gasteiger partial charge in [0, 0.05) is 24.3 Å². The maximum absolute atomic E-state index is 12.1. The van der Waals surface area contributed by atoms with E-state index in [0.29, 0.717) is 24.7 Å². The lowest BCUT2D eigenvalue weighted by Crippen LogP contribution is -2.22. The lowest BCUT2D eigenvalue weighted by Gasteiger charge is -2.23. The molecule has 0 aliphatic heterocycles. The third-order valence-corrected chi connectivity index (χ3v) is 7.65. The van der Waals surface area contributed by atoms with Crippen molar-refractivity contribution in [1.82, 2.24) is 10.9 Å². The van der Waals surface area contributed by atoms with Crippen LogP contribution in [-0.2, 0) is 9.59 Å². The monoisotopic (exact) mass is 500 g/mol. The first kappa shape index (κ1) is 26.8. The zero-order valence-corrected chi connectivity index (χ0v) is 21.8. The molecule has 0 spiro atoms. The van der Waals surface area contributed by atoms with E-state index in [1.807, 2.05) is 0 Å². The summed E-state index contributed by atoms with van der Waals surface area (Å²) in [5.41, 5.74) is 10.4. The molecular weight excluding hydrogens is 460 g/mol. The normalized spacial score (nSPS) is 19.7. The number of unbranched alkanes of at least 4 members (excludes halogenated alkanes) is 2. The Labute approximate surface area is 221 Å². The molecule has 0 unspecified atom stereocenters. The fourth-order valence-electron chi connectivity index (χ4n) is 5.39. The Kier molecular flexibility index (Phi) is 10.5. The van der Waals surface area contributed by atoms with Gasteiger partial charge in [-0.15, -0.1) is 0 Å². The SMILES string of the molecule is O=C(CCCCCC(=O)NN=C1CCC(c2ccccc2)CC1)NN=C1CCC(c2ccccc2)CC1. The molecule has 2 fully saturated rings. The molecule has 2 aliphatic rings. The van der Waals surface area contributed by atoms with Crippen LogP contribution in [0.25, 0.3) is 0 Å². The fourth-order valence-corrected chi connectivity index (χ4v) is 5.39. The van der Waals surface area contributed by atoms with Crippen molar-refractivity contribution in [2.45, 2.75) is 95.3 Å². The van der Waals surface area contributed by atoms with Crippen molar-refractivity contribution in [1.29, 1.82) is 0 Å². The molecule has 0 bridgehead atoms. The first-order valence-electron chi connectivity index (χ1n) is 14.0. The van der Waals surface area contributed by atoms with Crippen LogP contribution in [0, 0.1) is 0 Å². The predicted molar refractivity (Wildman–Crippen MR) is 150 cm³/mol. The quantitative estimate of drug-likeness (QED) is 0.285. The summed E-state index contributed by atoms with van der Waals surface area (Å²) < 4.78 is 0. The van der Waals surface area contributed by atoms with E-state index in [1.54, 1.807) is 0 Å². The van der Waals surface area contributed by atoms with Crippen LogP contribution in [0.4, 0.5) is 0 Å². The van der Waals surface area contributed by atoms with E-state index >= 15 is 0 Å². The molecule has 37 heavy (non-hydrogen) atoms. The van der Waals surface area contributed by atoms with Crippen LogP contribution in [-0.4, -0.2) is 23.2 Å². The number of hydrazone groups is 2. The summed E-state index contributed by atoms with van der Waals surface area (Å²) in [5.74, 6) is 1.10. The molecule has 2 amide bonds. The average Bonchev–Trinajstić information content (AvgIpc) is 2.96. The molecule has 0 atom stereocenters. The molecule has 2 aromatic carbocycles. The maximum Gasteiger partial charge on any atom is 0.240 e. The summed E-state index contributed by atoms with van der Waals surface area (Å²) in [6, 6.07) is 21.3. The van der Waals surface area contributed by atoms with E-state index in [2.05, 4.69) is 81.7 Å². The van der Waals surface area contributed by atoms with Crippen LogP contribution in [0.3, 0.4) is 0 Å². The van der Waals surface area contributed by atoms with Crippen molar-refractivity contribution < 1.29 is 9.59 Å². The Balaban J connectivity index is 1.03. The Morgan fingerprint density at radius 1 is 0.595 bits per heavy atom. The van der Waals surface area contributed by atoms with Gasteiger partial charge in [0.05, 0.1) is 0 Å². The topological polar surface area (TPSA) is 82.9 Å². The molecule has 6 nitrogen and oxygen atoms in total. The van der Waals surface area contributed by atoms with Gasteiger partial charge in [-0.25, -0.2) is 10.9 Å². The largest absolute Gasteiger partial charge is 0.273 e. The fraction of sp³-hybridized carbons (Fsp3) is 0.484. The van der Waals surface area contributed by atoms with Gasteiger partial charge in [-0.2, -0.15) is 10.2 Å². The van der Waals surface area contributed by atoms with Gasteiger partial charge in [0.2, 0.25) is 11.8 Å². The highest BCUT2D eigenvalue weighted by Gasteiger charge is 2.20. The average molecular weight is 501 g/mol. The van der Waals surface area contributed by atoms with Gasteiger partial charge in [-0.1, -0.05) is 67.1 Å². The van der Waals surface area contributed by atoms with Gasteiger partial charge in [0.1, 0.15) is 0 Å². The highest BCUT2D eigenvalue weighted by atomic mass is 16.2. The van der Waals surface area contributed by atoms with E-state index in [-0.39, 0.29) is 11.8 Å². The van der Waals surface area contributed by atoms with Gasteiger partial charge in [0.25, 0.3) is 0 Å². The lowest BCUT2D eigenvalue weighted by molar-refractivity contribution is -0.121. The number of amides is 2. The number of hydrogen-bond donors (Lipinski definition) is 2. The molecule has 0 radical (unpaired) electrons. The Morgan fingerprint density at radius 3 is 1.35 bits per heavy atom. The minimum atomic E-state index is -0.0420. The number of nitrogens with zero attached hydrogens (tertiary/aromatic N) is 2. The van der Waals surface area contributed by atoms with Gasteiger partial charge in [-0.3, -0.25) is 9.59 Å². The summed E-state index contributed by atoms with van der Waals surface area (Å²) in [6.45, 7) is 0. The Bertz CT molecular complexity index is 960. The molecule has 4 rings (SSSR count). The second kappa shape index (κ2) is 14.5. The van der Waals surface area contributed by atoms with Crippen molar-refractivity contribution in [2.75, 3.05) is 0 Å². The number of rotatable bonds is 10.